The third-order valence-corrected chi connectivity index (χ3v) is 3.71. The van der Waals surface area contributed by atoms with Gasteiger partial charge in [-0.3, -0.25) is 0 Å². The molecule has 0 aliphatic heterocycles. The average molecular weight is 335 g/mol. The molecule has 24 heavy (non-hydrogen) atoms. The third kappa shape index (κ3) is 4.78. The first-order chi connectivity index (χ1) is 11.1. The lowest BCUT2D eigenvalue weighted by molar-refractivity contribution is 0.0499. The molecule has 1 aliphatic rings. The van der Waals surface area contributed by atoms with Crippen molar-refractivity contribution in [2.45, 2.75) is 44.8 Å². The molecule has 1 aromatic rings. The van der Waals surface area contributed by atoms with Crippen molar-refractivity contribution in [3.63, 3.8) is 0 Å². The Morgan fingerprint density at radius 2 is 1.96 bits per heavy atom. The number of nitrogens with two attached hydrogens (primary N) is 1. The minimum atomic E-state index is -0.535. The van der Waals surface area contributed by atoms with E-state index in [0.29, 0.717) is 23.5 Å². The molecule has 7 heteroatoms. The van der Waals surface area contributed by atoms with Gasteiger partial charge < -0.3 is 25.8 Å². The molecule has 132 valence electrons. The zero-order valence-corrected chi connectivity index (χ0v) is 14.6. The van der Waals surface area contributed by atoms with E-state index in [1.807, 2.05) is 20.8 Å². The van der Waals surface area contributed by atoms with E-state index in [9.17, 15) is 9.59 Å². The van der Waals surface area contributed by atoms with Crippen molar-refractivity contribution in [2.24, 2.45) is 0 Å². The molecule has 0 unspecified atom stereocenters. The molecular formula is C17H25N3O4. The van der Waals surface area contributed by atoms with Crippen LogP contribution >= 0.6 is 0 Å². The number of benzene rings is 1. The van der Waals surface area contributed by atoms with Crippen LogP contribution in [-0.2, 0) is 9.47 Å². The van der Waals surface area contributed by atoms with Crippen LogP contribution in [0.2, 0.25) is 0 Å². The van der Waals surface area contributed by atoms with Gasteiger partial charge in [0, 0.05) is 6.54 Å². The predicted octanol–water partition coefficient (Wildman–Crippen LogP) is 2.52. The van der Waals surface area contributed by atoms with Crippen LogP contribution < -0.4 is 16.4 Å². The highest BCUT2D eigenvalue weighted by molar-refractivity contribution is 5.92. The van der Waals surface area contributed by atoms with Crippen molar-refractivity contribution in [3.05, 3.63) is 23.8 Å². The highest BCUT2D eigenvalue weighted by atomic mass is 16.6. The van der Waals surface area contributed by atoms with Gasteiger partial charge in [0.2, 0.25) is 0 Å². The number of anilines is 2. The number of nitrogens with one attached hydrogen (secondary N) is 2. The van der Waals surface area contributed by atoms with Crippen LogP contribution in [0, 0.1) is 0 Å². The number of alkyl carbamates (subject to hydrolysis) is 1. The quantitative estimate of drug-likeness (QED) is 0.564. The molecule has 0 spiro atoms. The van der Waals surface area contributed by atoms with Crippen molar-refractivity contribution in [3.8, 4) is 0 Å². The number of hydrogen-bond acceptors (Lipinski definition) is 6. The zero-order valence-electron chi connectivity index (χ0n) is 14.6. The maximum absolute atomic E-state index is 11.9. The van der Waals surface area contributed by atoms with E-state index in [4.69, 9.17) is 15.2 Å². The molecule has 0 atom stereocenters. The Bertz CT molecular complexity index is 633. The van der Waals surface area contributed by atoms with Gasteiger partial charge in [-0.2, -0.15) is 0 Å². The van der Waals surface area contributed by atoms with Gasteiger partial charge in [0.25, 0.3) is 0 Å². The standard InChI is InChI=1S/C17H25N3O4/c1-16(2,3)24-15(22)20-17(7-8-17)10-19-13-9-11(14(21)23-4)5-6-12(13)18/h5-6,9,19H,7-8,10,18H2,1-4H3,(H,20,22). The highest BCUT2D eigenvalue weighted by Crippen LogP contribution is 2.36. The van der Waals surface area contributed by atoms with Crippen LogP contribution in [-0.4, -0.2) is 36.9 Å². The zero-order chi connectivity index (χ0) is 18.0. The van der Waals surface area contributed by atoms with Gasteiger partial charge in [-0.05, 0) is 51.8 Å². The fourth-order valence-electron chi connectivity index (χ4n) is 2.24. The minimum absolute atomic E-state index is 0.337. The second-order valence-electron chi connectivity index (χ2n) is 7.05. The molecule has 1 aliphatic carbocycles. The Morgan fingerprint density at radius 3 is 2.50 bits per heavy atom. The molecule has 1 amide bonds. The largest absolute Gasteiger partial charge is 0.465 e. The van der Waals surface area contributed by atoms with Gasteiger partial charge in [-0.1, -0.05) is 0 Å². The number of nitrogen functional groups attached to an aromatic ring is 1. The Kier molecular flexibility index (Phi) is 4.91. The summed E-state index contributed by atoms with van der Waals surface area (Å²) >= 11 is 0. The van der Waals surface area contributed by atoms with E-state index in [0.717, 1.165) is 12.8 Å². The summed E-state index contributed by atoms with van der Waals surface area (Å²) in [5.41, 5.74) is 6.64. The molecular weight excluding hydrogens is 310 g/mol. The van der Waals surface area contributed by atoms with E-state index in [1.165, 1.54) is 7.11 Å². The summed E-state index contributed by atoms with van der Waals surface area (Å²) in [5.74, 6) is -0.425. The lowest BCUT2D eigenvalue weighted by Crippen LogP contribution is -2.44. The van der Waals surface area contributed by atoms with Gasteiger partial charge in [0.05, 0.1) is 29.6 Å². The molecule has 0 saturated heterocycles. The molecule has 4 N–H and O–H groups in total. The maximum atomic E-state index is 11.9. The number of methoxy groups -OCH3 is 1. The fraction of sp³-hybridized carbons (Fsp3) is 0.529. The van der Waals surface area contributed by atoms with Crippen molar-refractivity contribution in [1.29, 1.82) is 0 Å². The van der Waals surface area contributed by atoms with Crippen molar-refractivity contribution < 1.29 is 19.1 Å². The van der Waals surface area contributed by atoms with Crippen molar-refractivity contribution >= 4 is 23.4 Å². The maximum Gasteiger partial charge on any atom is 0.408 e. The van der Waals surface area contributed by atoms with E-state index in [-0.39, 0.29) is 5.54 Å². The van der Waals surface area contributed by atoms with Gasteiger partial charge >= 0.3 is 12.1 Å². The normalized spacial score (nSPS) is 15.3. The molecule has 0 bridgehead atoms. The fourth-order valence-corrected chi connectivity index (χ4v) is 2.24. The number of ether oxygens (including phenoxy) is 2. The summed E-state index contributed by atoms with van der Waals surface area (Å²) in [7, 11) is 1.33. The predicted molar refractivity (Wildman–Crippen MR) is 92.0 cm³/mol. The van der Waals surface area contributed by atoms with E-state index < -0.39 is 17.7 Å². The summed E-state index contributed by atoms with van der Waals surface area (Å²) in [6.45, 7) is 5.97. The van der Waals surface area contributed by atoms with Crippen LogP contribution in [0.25, 0.3) is 0 Å². The van der Waals surface area contributed by atoms with E-state index >= 15 is 0 Å². The SMILES string of the molecule is COC(=O)c1ccc(N)c(NCC2(NC(=O)OC(C)(C)C)CC2)c1. The number of amides is 1. The smallest absolute Gasteiger partial charge is 0.408 e. The van der Waals surface area contributed by atoms with Crippen LogP contribution in [0.4, 0.5) is 16.2 Å². The van der Waals surface area contributed by atoms with Crippen LogP contribution in [0.3, 0.4) is 0 Å². The molecule has 0 heterocycles. The Balaban J connectivity index is 1.98. The average Bonchev–Trinajstić information content (AvgIpc) is 3.23. The number of esters is 1. The van der Waals surface area contributed by atoms with Crippen molar-refractivity contribution in [1.82, 2.24) is 5.32 Å². The van der Waals surface area contributed by atoms with E-state index in [1.54, 1.807) is 18.2 Å². The summed E-state index contributed by atoms with van der Waals surface area (Å²) in [4.78, 5) is 23.5. The number of hydrogen-bond donors (Lipinski definition) is 3. The summed E-state index contributed by atoms with van der Waals surface area (Å²) in [5, 5.41) is 6.11. The van der Waals surface area contributed by atoms with Gasteiger partial charge in [-0.15, -0.1) is 0 Å². The molecule has 0 aromatic heterocycles. The first-order valence-electron chi connectivity index (χ1n) is 7.87. The van der Waals surface area contributed by atoms with Gasteiger partial charge in [-0.25, -0.2) is 9.59 Å². The molecule has 1 aromatic carbocycles. The molecule has 0 radical (unpaired) electrons. The molecule has 1 saturated carbocycles. The Labute approximate surface area is 141 Å². The molecule has 1 fully saturated rings. The lowest BCUT2D eigenvalue weighted by Gasteiger charge is -2.24. The number of carbonyl (C=O) groups excluding carboxylic acids is 2. The third-order valence-electron chi connectivity index (χ3n) is 3.71. The second kappa shape index (κ2) is 6.59. The first-order valence-corrected chi connectivity index (χ1v) is 7.87. The van der Waals surface area contributed by atoms with Gasteiger partial charge in [0.15, 0.2) is 0 Å². The Morgan fingerprint density at radius 1 is 1.29 bits per heavy atom. The first kappa shape index (κ1) is 17.9. The summed E-state index contributed by atoms with van der Waals surface area (Å²) < 4.78 is 10.00. The number of carbonyl (C=O) groups is 2. The summed E-state index contributed by atoms with van der Waals surface area (Å²) in [6, 6.07) is 4.90. The molecule has 2 rings (SSSR count). The van der Waals surface area contributed by atoms with Crippen LogP contribution in [0.1, 0.15) is 44.0 Å². The van der Waals surface area contributed by atoms with Gasteiger partial charge in [0.1, 0.15) is 5.60 Å². The Hall–Kier alpha value is -2.44. The van der Waals surface area contributed by atoms with Crippen LogP contribution in [0.5, 0.6) is 0 Å². The van der Waals surface area contributed by atoms with Crippen LogP contribution in [0.15, 0.2) is 18.2 Å². The molecule has 7 nitrogen and oxygen atoms in total. The summed E-state index contributed by atoms with van der Waals surface area (Å²) in [6.07, 6.45) is 1.28. The van der Waals surface area contributed by atoms with Crippen molar-refractivity contribution in [2.75, 3.05) is 24.7 Å². The van der Waals surface area contributed by atoms with E-state index in [2.05, 4.69) is 10.6 Å². The second-order valence-corrected chi connectivity index (χ2v) is 7.05. The monoisotopic (exact) mass is 335 g/mol. The topological polar surface area (TPSA) is 103 Å². The highest BCUT2D eigenvalue weighted by Gasteiger charge is 2.44. The number of rotatable bonds is 5. The minimum Gasteiger partial charge on any atom is -0.465 e. The lowest BCUT2D eigenvalue weighted by atomic mass is 10.1.